The summed E-state index contributed by atoms with van der Waals surface area (Å²) < 4.78 is 36.7. The second-order valence-corrected chi connectivity index (χ2v) is 11.2. The van der Waals surface area contributed by atoms with Crippen LogP contribution >= 0.6 is 23.1 Å². The van der Waals surface area contributed by atoms with Crippen molar-refractivity contribution in [1.82, 2.24) is 18.0 Å². The van der Waals surface area contributed by atoms with Crippen molar-refractivity contribution < 1.29 is 13.2 Å². The number of benzene rings is 2. The molecule has 170 valence electrons. The van der Waals surface area contributed by atoms with Gasteiger partial charge in [-0.2, -0.15) is 13.1 Å². The van der Waals surface area contributed by atoms with Crippen LogP contribution in [0.1, 0.15) is 24.8 Å². The van der Waals surface area contributed by atoms with Crippen LogP contribution in [-0.2, 0) is 14.8 Å². The van der Waals surface area contributed by atoms with Gasteiger partial charge in [-0.3, -0.25) is 4.79 Å². The van der Waals surface area contributed by atoms with Gasteiger partial charge in [-0.25, -0.2) is 13.4 Å². The third kappa shape index (κ3) is 4.29. The Morgan fingerprint density at radius 1 is 1.12 bits per heavy atom. The van der Waals surface area contributed by atoms with Gasteiger partial charge in [0, 0.05) is 17.5 Å². The maximum absolute atomic E-state index is 13.6. The maximum Gasteiger partial charge on any atom is 0.246 e. The van der Waals surface area contributed by atoms with Gasteiger partial charge in [-0.1, -0.05) is 42.3 Å². The average Bonchev–Trinajstić information content (AvgIpc) is 3.49. The van der Waals surface area contributed by atoms with E-state index in [0.29, 0.717) is 29.0 Å². The van der Waals surface area contributed by atoms with E-state index in [0.717, 1.165) is 35.0 Å². The molecule has 2 aromatic carbocycles. The highest BCUT2D eigenvalue weighted by Crippen LogP contribution is 2.31. The lowest BCUT2D eigenvalue weighted by Gasteiger charge is -2.33. The van der Waals surface area contributed by atoms with Crippen LogP contribution in [0.25, 0.3) is 22.3 Å². The molecule has 4 aromatic rings. The highest BCUT2D eigenvalue weighted by Gasteiger charge is 2.39. The summed E-state index contributed by atoms with van der Waals surface area (Å²) in [7, 11) is -3.93. The zero-order valence-corrected chi connectivity index (χ0v) is 20.2. The lowest BCUT2D eigenvalue weighted by atomic mass is 10.0. The molecule has 0 aliphatic carbocycles. The summed E-state index contributed by atoms with van der Waals surface area (Å²) in [4.78, 5) is 17.8. The summed E-state index contributed by atoms with van der Waals surface area (Å²) in [6, 6.07) is 12.1. The molecule has 0 spiro atoms. The second-order valence-electron chi connectivity index (χ2n) is 7.91. The van der Waals surface area contributed by atoms with Crippen LogP contribution in [0.15, 0.2) is 52.7 Å². The molecule has 0 bridgehead atoms. The summed E-state index contributed by atoms with van der Waals surface area (Å²) in [5.41, 5.74) is 3.76. The molecular formula is C22H21N5O3S3. The van der Waals surface area contributed by atoms with E-state index in [1.165, 1.54) is 21.7 Å². The Hall–Kier alpha value is -2.73. The lowest BCUT2D eigenvalue weighted by molar-refractivity contribution is -0.120. The number of anilines is 1. The Morgan fingerprint density at radius 3 is 2.76 bits per heavy atom. The number of carbonyl (C=O) groups excluding carboxylic acids is 1. The van der Waals surface area contributed by atoms with Crippen molar-refractivity contribution in [2.45, 2.75) is 37.1 Å². The fraction of sp³-hybridized carbons (Fsp3) is 0.273. The minimum Gasteiger partial charge on any atom is -0.301 e. The lowest BCUT2D eigenvalue weighted by Crippen LogP contribution is -2.49. The first-order valence-electron chi connectivity index (χ1n) is 10.5. The van der Waals surface area contributed by atoms with Crippen LogP contribution in [0.2, 0.25) is 0 Å². The highest BCUT2D eigenvalue weighted by molar-refractivity contribution is 7.89. The number of thiazole rings is 1. The number of aryl methyl sites for hydroxylation is 1. The molecule has 8 nitrogen and oxygen atoms in total. The zero-order chi connectivity index (χ0) is 23.0. The fourth-order valence-corrected chi connectivity index (χ4v) is 7.08. The van der Waals surface area contributed by atoms with Gasteiger partial charge in [-0.15, -0.1) is 11.3 Å². The van der Waals surface area contributed by atoms with Gasteiger partial charge in [0.2, 0.25) is 15.9 Å². The van der Waals surface area contributed by atoms with Crippen molar-refractivity contribution in [1.29, 1.82) is 0 Å². The topological polar surface area (TPSA) is 105 Å². The third-order valence-corrected chi connectivity index (χ3v) is 8.91. The number of hydrogen-bond acceptors (Lipinski definition) is 8. The Bertz CT molecular complexity index is 1410. The largest absolute Gasteiger partial charge is 0.301 e. The number of amides is 1. The first-order chi connectivity index (χ1) is 15.9. The zero-order valence-electron chi connectivity index (χ0n) is 17.8. The SMILES string of the molecule is Cc1ccc(-c2csc(NC(=O)C3CCCCN3S(=O)(=O)c3cccc4nsnc34)n2)cc1. The number of rotatable bonds is 5. The molecule has 1 saturated heterocycles. The minimum atomic E-state index is -3.93. The standard InChI is InChI=1S/C22H21N5O3S3/c1-14-8-10-15(11-9-14)17-13-31-22(23-17)24-21(28)18-6-2-3-12-27(18)33(29,30)19-7-4-5-16-20(19)26-32-25-16/h4-5,7-11,13,18H,2-3,6,12H2,1H3,(H,23,24,28). The van der Waals surface area contributed by atoms with Crippen LogP contribution in [0, 0.1) is 6.92 Å². The van der Waals surface area contributed by atoms with Gasteiger partial charge < -0.3 is 5.32 Å². The normalized spacial score (nSPS) is 17.3. The molecule has 1 unspecified atom stereocenters. The van der Waals surface area contributed by atoms with E-state index in [4.69, 9.17) is 0 Å². The first-order valence-corrected chi connectivity index (χ1v) is 13.5. The molecule has 33 heavy (non-hydrogen) atoms. The number of piperidine rings is 1. The second kappa shape index (κ2) is 8.90. The van der Waals surface area contributed by atoms with Crippen LogP contribution in [0.4, 0.5) is 5.13 Å². The van der Waals surface area contributed by atoms with Crippen LogP contribution in [-0.4, -0.2) is 44.9 Å². The molecule has 1 amide bonds. The van der Waals surface area contributed by atoms with Crippen LogP contribution < -0.4 is 5.32 Å². The maximum atomic E-state index is 13.6. The number of sulfonamides is 1. The van der Waals surface area contributed by atoms with E-state index < -0.39 is 16.1 Å². The molecule has 1 N–H and O–H groups in total. The summed E-state index contributed by atoms with van der Waals surface area (Å²) in [6.07, 6.45) is 1.93. The fourth-order valence-electron chi connectivity index (χ4n) is 3.95. The van der Waals surface area contributed by atoms with Crippen molar-refractivity contribution in [3.8, 4) is 11.3 Å². The summed E-state index contributed by atoms with van der Waals surface area (Å²) >= 11 is 2.29. The summed E-state index contributed by atoms with van der Waals surface area (Å²) in [5, 5.41) is 5.16. The number of nitrogens with zero attached hydrogens (tertiary/aromatic N) is 4. The molecule has 0 saturated carbocycles. The van der Waals surface area contributed by atoms with Gasteiger partial charge in [0.25, 0.3) is 0 Å². The molecule has 1 fully saturated rings. The Balaban J connectivity index is 1.39. The number of hydrogen-bond donors (Lipinski definition) is 1. The molecule has 1 aliphatic rings. The quantitative estimate of drug-likeness (QED) is 0.439. The number of nitrogens with one attached hydrogen (secondary N) is 1. The summed E-state index contributed by atoms with van der Waals surface area (Å²) in [5.74, 6) is -0.369. The molecular weight excluding hydrogens is 478 g/mol. The van der Waals surface area contributed by atoms with Gasteiger partial charge in [0.15, 0.2) is 5.13 Å². The van der Waals surface area contributed by atoms with Crippen LogP contribution in [0.5, 0.6) is 0 Å². The van der Waals surface area contributed by atoms with Gasteiger partial charge in [0.1, 0.15) is 22.0 Å². The smallest absolute Gasteiger partial charge is 0.246 e. The average molecular weight is 500 g/mol. The van der Waals surface area contributed by atoms with E-state index in [9.17, 15) is 13.2 Å². The van der Waals surface area contributed by atoms with Crippen molar-refractivity contribution in [3.63, 3.8) is 0 Å². The highest BCUT2D eigenvalue weighted by atomic mass is 32.2. The van der Waals surface area contributed by atoms with E-state index in [1.807, 2.05) is 36.6 Å². The van der Waals surface area contributed by atoms with Crippen molar-refractivity contribution in [2.24, 2.45) is 0 Å². The minimum absolute atomic E-state index is 0.0874. The third-order valence-electron chi connectivity index (χ3n) is 5.67. The molecule has 3 heterocycles. The molecule has 11 heteroatoms. The molecule has 0 radical (unpaired) electrons. The van der Waals surface area contributed by atoms with Crippen molar-refractivity contribution >= 4 is 55.2 Å². The number of aromatic nitrogens is 3. The van der Waals surface area contributed by atoms with Gasteiger partial charge >= 0.3 is 0 Å². The Kier molecular flexibility index (Phi) is 5.95. The molecule has 2 aromatic heterocycles. The Morgan fingerprint density at radius 2 is 1.94 bits per heavy atom. The van der Waals surface area contributed by atoms with E-state index in [2.05, 4.69) is 19.0 Å². The molecule has 1 aliphatic heterocycles. The Labute approximate surface area is 199 Å². The number of fused-ring (bicyclic) bond motifs is 1. The monoisotopic (exact) mass is 499 g/mol. The van der Waals surface area contributed by atoms with Gasteiger partial charge in [0.05, 0.1) is 17.4 Å². The predicted molar refractivity (Wildman–Crippen MR) is 130 cm³/mol. The van der Waals surface area contributed by atoms with E-state index >= 15 is 0 Å². The molecule has 1 atom stereocenters. The summed E-state index contributed by atoms with van der Waals surface area (Å²) in [6.45, 7) is 2.30. The van der Waals surface area contributed by atoms with Gasteiger partial charge in [-0.05, 0) is 31.9 Å². The van der Waals surface area contributed by atoms with Crippen LogP contribution in [0.3, 0.4) is 0 Å². The van der Waals surface area contributed by atoms with E-state index in [-0.39, 0.29) is 17.3 Å². The van der Waals surface area contributed by atoms with E-state index in [1.54, 1.807) is 12.1 Å². The van der Waals surface area contributed by atoms with Crippen molar-refractivity contribution in [3.05, 3.63) is 53.4 Å². The predicted octanol–water partition coefficient (Wildman–Crippen LogP) is 4.31. The first kappa shape index (κ1) is 22.1. The molecule has 5 rings (SSSR count). The van der Waals surface area contributed by atoms with Crippen molar-refractivity contribution in [2.75, 3.05) is 11.9 Å². The number of carbonyl (C=O) groups is 1.